The molecule has 6 nitrogen and oxygen atoms in total. The third-order valence-corrected chi connectivity index (χ3v) is 5.99. The van der Waals surface area contributed by atoms with Crippen molar-refractivity contribution in [1.29, 1.82) is 0 Å². The molecule has 0 fully saturated rings. The molecule has 0 bridgehead atoms. The lowest BCUT2D eigenvalue weighted by Gasteiger charge is -2.19. The molecule has 32 heavy (non-hydrogen) atoms. The van der Waals surface area contributed by atoms with E-state index in [1.807, 2.05) is 44.2 Å². The predicted molar refractivity (Wildman–Crippen MR) is 131 cm³/mol. The lowest BCUT2D eigenvalue weighted by atomic mass is 10.0. The van der Waals surface area contributed by atoms with Crippen LogP contribution in [0, 0.1) is 5.92 Å². The second kappa shape index (κ2) is 11.3. The first-order chi connectivity index (χ1) is 15.3. The highest BCUT2D eigenvalue weighted by atomic mass is 35.5. The zero-order valence-corrected chi connectivity index (χ0v) is 20.0. The predicted octanol–water partition coefficient (Wildman–Crippen LogP) is 5.31. The third-order valence-electron chi connectivity index (χ3n) is 4.50. The van der Waals surface area contributed by atoms with E-state index in [9.17, 15) is 9.59 Å². The molecular formula is C23H24Cl2N4O2S. The van der Waals surface area contributed by atoms with Crippen LogP contribution in [-0.4, -0.2) is 29.4 Å². The number of hydrogen-bond donors (Lipinski definition) is 3. The first kappa shape index (κ1) is 24.0. The largest absolute Gasteiger partial charge is 0.354 e. The Morgan fingerprint density at radius 3 is 2.50 bits per heavy atom. The van der Waals surface area contributed by atoms with E-state index in [0.29, 0.717) is 39.7 Å². The van der Waals surface area contributed by atoms with Gasteiger partial charge in [-0.25, -0.2) is 4.98 Å². The molecular weight excluding hydrogens is 467 g/mol. The van der Waals surface area contributed by atoms with Gasteiger partial charge < -0.3 is 16.0 Å². The second-order valence-electron chi connectivity index (χ2n) is 7.65. The van der Waals surface area contributed by atoms with Gasteiger partial charge in [0.05, 0.1) is 10.0 Å². The number of carbonyl (C=O) groups excluding carboxylic acids is 2. The Balaban J connectivity index is 1.69. The third kappa shape index (κ3) is 6.95. The number of nitrogens with one attached hydrogen (secondary N) is 3. The maximum absolute atomic E-state index is 12.8. The minimum Gasteiger partial charge on any atom is -0.354 e. The van der Waals surface area contributed by atoms with Crippen LogP contribution in [-0.2, 0) is 11.2 Å². The standard InChI is InChI=1S/C23H24Cl2N4O2S/c1-14(2)12-26-21(30)19(10-15-6-4-3-5-7-15)28-22(31)20-13-32-23(29-20)27-16-8-9-17(24)18(25)11-16/h3-9,11,13-14,19H,10,12H2,1-2H3,(H,26,30)(H,27,29)(H,28,31)/t19-/m1/s1. The van der Waals surface area contributed by atoms with Gasteiger partial charge >= 0.3 is 0 Å². The van der Waals surface area contributed by atoms with Crippen molar-refractivity contribution < 1.29 is 9.59 Å². The zero-order valence-electron chi connectivity index (χ0n) is 17.7. The minimum atomic E-state index is -0.711. The van der Waals surface area contributed by atoms with Gasteiger partial charge in [-0.05, 0) is 29.7 Å². The number of carbonyl (C=O) groups is 2. The minimum absolute atomic E-state index is 0.222. The molecule has 0 radical (unpaired) electrons. The molecule has 3 rings (SSSR count). The molecule has 2 amide bonds. The van der Waals surface area contributed by atoms with Crippen LogP contribution >= 0.6 is 34.5 Å². The fraction of sp³-hybridized carbons (Fsp3) is 0.261. The van der Waals surface area contributed by atoms with Crippen LogP contribution in [0.25, 0.3) is 0 Å². The van der Waals surface area contributed by atoms with E-state index in [1.165, 1.54) is 11.3 Å². The smallest absolute Gasteiger partial charge is 0.271 e. The SMILES string of the molecule is CC(C)CNC(=O)[C@@H](Cc1ccccc1)NC(=O)c1csc(Nc2ccc(Cl)c(Cl)c2)n1. The number of thiazole rings is 1. The van der Waals surface area contributed by atoms with Crippen molar-refractivity contribution in [3.63, 3.8) is 0 Å². The fourth-order valence-corrected chi connectivity index (χ4v) is 3.86. The Hall–Kier alpha value is -2.61. The van der Waals surface area contributed by atoms with Crippen LogP contribution < -0.4 is 16.0 Å². The highest BCUT2D eigenvalue weighted by Crippen LogP contribution is 2.28. The van der Waals surface area contributed by atoms with E-state index in [0.717, 1.165) is 5.56 Å². The van der Waals surface area contributed by atoms with Crippen LogP contribution in [0.3, 0.4) is 0 Å². The van der Waals surface area contributed by atoms with Gasteiger partial charge in [0.2, 0.25) is 5.91 Å². The van der Waals surface area contributed by atoms with Crippen molar-refractivity contribution in [3.05, 3.63) is 75.2 Å². The molecule has 1 aromatic heterocycles. The lowest BCUT2D eigenvalue weighted by molar-refractivity contribution is -0.123. The normalized spacial score (nSPS) is 11.8. The summed E-state index contributed by atoms with van der Waals surface area (Å²) in [6.07, 6.45) is 0.384. The monoisotopic (exact) mass is 490 g/mol. The Labute approximate surface area is 201 Å². The van der Waals surface area contributed by atoms with Crippen molar-refractivity contribution in [2.75, 3.05) is 11.9 Å². The molecule has 3 N–H and O–H groups in total. The van der Waals surface area contributed by atoms with Gasteiger partial charge in [0.15, 0.2) is 5.13 Å². The van der Waals surface area contributed by atoms with Crippen LogP contribution in [0.1, 0.15) is 29.9 Å². The van der Waals surface area contributed by atoms with Gasteiger partial charge in [-0.2, -0.15) is 0 Å². The number of benzene rings is 2. The number of aromatic nitrogens is 1. The zero-order chi connectivity index (χ0) is 23.1. The van der Waals surface area contributed by atoms with Crippen molar-refractivity contribution in [1.82, 2.24) is 15.6 Å². The maximum atomic E-state index is 12.8. The molecule has 2 aromatic carbocycles. The number of nitrogens with zero attached hydrogens (tertiary/aromatic N) is 1. The fourth-order valence-electron chi connectivity index (χ4n) is 2.85. The maximum Gasteiger partial charge on any atom is 0.271 e. The molecule has 0 saturated heterocycles. The summed E-state index contributed by atoms with van der Waals surface area (Å²) in [6.45, 7) is 4.57. The van der Waals surface area contributed by atoms with E-state index < -0.39 is 11.9 Å². The molecule has 0 aliphatic heterocycles. The van der Waals surface area contributed by atoms with Crippen LogP contribution in [0.2, 0.25) is 10.0 Å². The van der Waals surface area contributed by atoms with Crippen LogP contribution in [0.5, 0.6) is 0 Å². The van der Waals surface area contributed by atoms with E-state index in [-0.39, 0.29) is 11.6 Å². The Morgan fingerprint density at radius 2 is 1.81 bits per heavy atom. The summed E-state index contributed by atoms with van der Waals surface area (Å²) in [5.74, 6) is -0.329. The first-order valence-electron chi connectivity index (χ1n) is 10.1. The molecule has 0 aliphatic rings. The first-order valence-corrected chi connectivity index (χ1v) is 11.8. The summed E-state index contributed by atoms with van der Waals surface area (Å²) in [5, 5.41) is 11.9. The Bertz CT molecular complexity index is 1070. The summed E-state index contributed by atoms with van der Waals surface area (Å²) in [4.78, 5) is 29.9. The van der Waals surface area contributed by atoms with Crippen molar-refractivity contribution in [2.24, 2.45) is 5.92 Å². The van der Waals surface area contributed by atoms with Gasteiger partial charge in [0.1, 0.15) is 11.7 Å². The van der Waals surface area contributed by atoms with Crippen molar-refractivity contribution in [3.8, 4) is 0 Å². The molecule has 0 aliphatic carbocycles. The van der Waals surface area contributed by atoms with E-state index in [1.54, 1.807) is 23.6 Å². The molecule has 1 heterocycles. The molecule has 168 valence electrons. The highest BCUT2D eigenvalue weighted by Gasteiger charge is 2.23. The quantitative estimate of drug-likeness (QED) is 0.379. The number of anilines is 2. The van der Waals surface area contributed by atoms with Gasteiger partial charge in [-0.15, -0.1) is 11.3 Å². The molecule has 0 unspecified atom stereocenters. The molecule has 1 atom stereocenters. The summed E-state index contributed by atoms with van der Waals surface area (Å²) in [7, 11) is 0. The lowest BCUT2D eigenvalue weighted by Crippen LogP contribution is -2.48. The van der Waals surface area contributed by atoms with Gasteiger partial charge in [-0.3, -0.25) is 9.59 Å². The van der Waals surface area contributed by atoms with Gasteiger partial charge in [0, 0.05) is 24.0 Å². The number of halogens is 2. The average molecular weight is 491 g/mol. The molecule has 9 heteroatoms. The molecule has 0 saturated carbocycles. The number of amides is 2. The van der Waals surface area contributed by atoms with Gasteiger partial charge in [0.25, 0.3) is 5.91 Å². The summed E-state index contributed by atoms with van der Waals surface area (Å²) >= 11 is 13.3. The van der Waals surface area contributed by atoms with Crippen LogP contribution in [0.4, 0.5) is 10.8 Å². The summed E-state index contributed by atoms with van der Waals surface area (Å²) < 4.78 is 0. The number of hydrogen-bond acceptors (Lipinski definition) is 5. The van der Waals surface area contributed by atoms with Crippen molar-refractivity contribution in [2.45, 2.75) is 26.3 Å². The van der Waals surface area contributed by atoms with E-state index in [4.69, 9.17) is 23.2 Å². The topological polar surface area (TPSA) is 83.1 Å². The molecule has 0 spiro atoms. The van der Waals surface area contributed by atoms with Gasteiger partial charge in [-0.1, -0.05) is 67.4 Å². The van der Waals surface area contributed by atoms with E-state index in [2.05, 4.69) is 20.9 Å². The average Bonchev–Trinajstić information content (AvgIpc) is 3.23. The Morgan fingerprint density at radius 1 is 1.06 bits per heavy atom. The molecule has 3 aromatic rings. The number of rotatable bonds is 9. The summed E-state index contributed by atoms with van der Waals surface area (Å²) in [6, 6.07) is 14.0. The van der Waals surface area contributed by atoms with Crippen LogP contribution in [0.15, 0.2) is 53.9 Å². The summed E-state index contributed by atoms with van der Waals surface area (Å²) in [5.41, 5.74) is 1.89. The van der Waals surface area contributed by atoms with E-state index >= 15 is 0 Å². The van der Waals surface area contributed by atoms with Crippen molar-refractivity contribution >= 4 is 57.2 Å². The highest BCUT2D eigenvalue weighted by molar-refractivity contribution is 7.14. The second-order valence-corrected chi connectivity index (χ2v) is 9.32. The Kier molecular flexibility index (Phi) is 8.50.